The standard InChI is InChI=1S/C17H28ClNO3Si/c1-17(2,3)23(5,6)22-15(11-19-12-16(20)21-4)13-8-7-9-14(18)10-13/h7-10,15,19H,11-12H2,1-6H3/t15-/m0/s1. The third kappa shape index (κ3) is 6.26. The molecular weight excluding hydrogens is 330 g/mol. The average Bonchev–Trinajstić information content (AvgIpc) is 2.44. The molecule has 1 atom stereocenters. The first-order chi connectivity index (χ1) is 10.6. The lowest BCUT2D eigenvalue weighted by Crippen LogP contribution is -2.44. The first-order valence-corrected chi connectivity index (χ1v) is 11.1. The molecule has 0 aromatic heterocycles. The van der Waals surface area contributed by atoms with Crippen LogP contribution in [-0.2, 0) is 14.0 Å². The molecule has 6 heteroatoms. The van der Waals surface area contributed by atoms with Gasteiger partial charge in [-0.3, -0.25) is 4.79 Å². The third-order valence-corrected chi connectivity index (χ3v) is 9.01. The summed E-state index contributed by atoms with van der Waals surface area (Å²) in [5, 5.41) is 3.89. The summed E-state index contributed by atoms with van der Waals surface area (Å²) in [6, 6.07) is 7.68. The van der Waals surface area contributed by atoms with Gasteiger partial charge in [0, 0.05) is 11.6 Å². The van der Waals surface area contributed by atoms with Gasteiger partial charge in [0.1, 0.15) is 0 Å². The minimum absolute atomic E-state index is 0.103. The second kappa shape index (κ2) is 8.28. The van der Waals surface area contributed by atoms with Gasteiger partial charge in [-0.15, -0.1) is 0 Å². The molecule has 0 aliphatic rings. The largest absolute Gasteiger partial charge is 0.468 e. The van der Waals surface area contributed by atoms with E-state index in [1.807, 2.05) is 24.3 Å². The number of hydrogen-bond acceptors (Lipinski definition) is 4. The summed E-state index contributed by atoms with van der Waals surface area (Å²) in [4.78, 5) is 11.3. The molecule has 1 aromatic carbocycles. The monoisotopic (exact) mass is 357 g/mol. The van der Waals surface area contributed by atoms with Crippen molar-refractivity contribution < 1.29 is 14.0 Å². The lowest BCUT2D eigenvalue weighted by atomic mass is 10.1. The Hall–Kier alpha value is -0.883. The molecule has 0 saturated heterocycles. The molecule has 0 heterocycles. The molecule has 1 rings (SSSR count). The fourth-order valence-electron chi connectivity index (χ4n) is 1.84. The number of halogens is 1. The van der Waals surface area contributed by atoms with Crippen LogP contribution in [0, 0.1) is 0 Å². The van der Waals surface area contributed by atoms with Crippen LogP contribution in [0.2, 0.25) is 23.2 Å². The van der Waals surface area contributed by atoms with Crippen molar-refractivity contribution in [1.82, 2.24) is 5.32 Å². The molecule has 0 fully saturated rings. The number of hydrogen-bond donors (Lipinski definition) is 1. The predicted octanol–water partition coefficient (Wildman–Crippen LogP) is 4.17. The Labute approximate surface area is 145 Å². The van der Waals surface area contributed by atoms with Crippen LogP contribution in [0.1, 0.15) is 32.4 Å². The maximum Gasteiger partial charge on any atom is 0.319 e. The topological polar surface area (TPSA) is 47.6 Å². The van der Waals surface area contributed by atoms with Crippen molar-refractivity contribution in [1.29, 1.82) is 0 Å². The molecule has 0 radical (unpaired) electrons. The number of carbonyl (C=O) groups excluding carboxylic acids is 1. The summed E-state index contributed by atoms with van der Waals surface area (Å²) in [6.07, 6.45) is -0.153. The molecule has 0 unspecified atom stereocenters. The molecule has 1 N–H and O–H groups in total. The summed E-state index contributed by atoms with van der Waals surface area (Å²) in [5.74, 6) is -0.290. The molecule has 23 heavy (non-hydrogen) atoms. The van der Waals surface area contributed by atoms with E-state index in [1.165, 1.54) is 7.11 Å². The molecule has 0 bridgehead atoms. The van der Waals surface area contributed by atoms with Crippen molar-refractivity contribution in [3.8, 4) is 0 Å². The minimum atomic E-state index is -1.95. The Balaban J connectivity index is 2.91. The van der Waals surface area contributed by atoms with Crippen LogP contribution in [0.25, 0.3) is 0 Å². The number of methoxy groups -OCH3 is 1. The summed E-state index contributed by atoms with van der Waals surface area (Å²) in [6.45, 7) is 11.7. The maximum atomic E-state index is 11.3. The average molecular weight is 358 g/mol. The van der Waals surface area contributed by atoms with Gasteiger partial charge in [-0.25, -0.2) is 0 Å². The lowest BCUT2D eigenvalue weighted by Gasteiger charge is -2.39. The van der Waals surface area contributed by atoms with Crippen molar-refractivity contribution >= 4 is 25.9 Å². The van der Waals surface area contributed by atoms with Crippen LogP contribution in [0.3, 0.4) is 0 Å². The van der Waals surface area contributed by atoms with Crippen molar-refractivity contribution in [2.75, 3.05) is 20.2 Å². The van der Waals surface area contributed by atoms with E-state index in [1.54, 1.807) is 0 Å². The fourth-order valence-corrected chi connectivity index (χ4v) is 3.33. The first-order valence-electron chi connectivity index (χ1n) is 7.77. The van der Waals surface area contributed by atoms with Gasteiger partial charge in [-0.05, 0) is 35.8 Å². The van der Waals surface area contributed by atoms with E-state index in [4.69, 9.17) is 16.0 Å². The van der Waals surface area contributed by atoms with Gasteiger partial charge in [-0.2, -0.15) is 0 Å². The van der Waals surface area contributed by atoms with Gasteiger partial charge in [0.05, 0.1) is 19.8 Å². The fraction of sp³-hybridized carbons (Fsp3) is 0.588. The second-order valence-corrected chi connectivity index (χ2v) is 12.3. The number of rotatable bonds is 7. The number of benzene rings is 1. The molecule has 0 saturated carbocycles. The van der Waals surface area contributed by atoms with Gasteiger partial charge < -0.3 is 14.5 Å². The van der Waals surface area contributed by atoms with Crippen LogP contribution >= 0.6 is 11.6 Å². The molecule has 0 amide bonds. The van der Waals surface area contributed by atoms with E-state index in [-0.39, 0.29) is 23.7 Å². The first kappa shape index (κ1) is 20.2. The molecular formula is C17H28ClNO3Si. The normalized spacial score (nSPS) is 13.7. The lowest BCUT2D eigenvalue weighted by molar-refractivity contribution is -0.139. The number of ether oxygens (including phenoxy) is 1. The minimum Gasteiger partial charge on any atom is -0.468 e. The highest BCUT2D eigenvalue weighted by molar-refractivity contribution is 6.74. The van der Waals surface area contributed by atoms with Crippen LogP contribution < -0.4 is 5.32 Å². The van der Waals surface area contributed by atoms with Crippen LogP contribution in [0.4, 0.5) is 0 Å². The van der Waals surface area contributed by atoms with E-state index < -0.39 is 8.32 Å². The Morgan fingerprint density at radius 1 is 1.35 bits per heavy atom. The zero-order valence-electron chi connectivity index (χ0n) is 14.9. The van der Waals surface area contributed by atoms with E-state index >= 15 is 0 Å². The molecule has 0 spiro atoms. The van der Waals surface area contributed by atoms with Crippen molar-refractivity contribution in [3.05, 3.63) is 34.9 Å². The smallest absolute Gasteiger partial charge is 0.319 e. The van der Waals surface area contributed by atoms with Gasteiger partial charge >= 0.3 is 5.97 Å². The third-order valence-electron chi connectivity index (χ3n) is 4.29. The predicted molar refractivity (Wildman–Crippen MR) is 97.4 cm³/mol. The summed E-state index contributed by atoms with van der Waals surface area (Å²) >= 11 is 6.12. The van der Waals surface area contributed by atoms with Crippen LogP contribution in [0.5, 0.6) is 0 Å². The van der Waals surface area contributed by atoms with Gasteiger partial charge in [-0.1, -0.05) is 44.5 Å². The highest BCUT2D eigenvalue weighted by Gasteiger charge is 2.39. The number of nitrogens with one attached hydrogen (secondary N) is 1. The summed E-state index contributed by atoms with van der Waals surface area (Å²) in [5.41, 5.74) is 1.01. The molecule has 0 aliphatic carbocycles. The van der Waals surface area contributed by atoms with Gasteiger partial charge in [0.25, 0.3) is 0 Å². The van der Waals surface area contributed by atoms with Crippen LogP contribution in [-0.4, -0.2) is 34.5 Å². The van der Waals surface area contributed by atoms with E-state index in [0.717, 1.165) is 5.56 Å². The summed E-state index contributed by atoms with van der Waals surface area (Å²) < 4.78 is 11.2. The Kier molecular flexibility index (Phi) is 7.26. The molecule has 4 nitrogen and oxygen atoms in total. The van der Waals surface area contributed by atoms with Crippen molar-refractivity contribution in [2.45, 2.75) is 45.0 Å². The van der Waals surface area contributed by atoms with Crippen molar-refractivity contribution in [2.24, 2.45) is 0 Å². The maximum absolute atomic E-state index is 11.3. The number of esters is 1. The quantitative estimate of drug-likeness (QED) is 0.587. The highest BCUT2D eigenvalue weighted by Crippen LogP contribution is 2.39. The van der Waals surface area contributed by atoms with Gasteiger partial charge in [0.2, 0.25) is 0 Å². The second-order valence-electron chi connectivity index (χ2n) is 7.13. The molecule has 0 aliphatic heterocycles. The molecule has 1 aromatic rings. The zero-order chi connectivity index (χ0) is 17.7. The Bertz CT molecular complexity index is 529. The Morgan fingerprint density at radius 3 is 2.52 bits per heavy atom. The number of carbonyl (C=O) groups is 1. The van der Waals surface area contributed by atoms with E-state index in [2.05, 4.69) is 43.9 Å². The summed E-state index contributed by atoms with van der Waals surface area (Å²) in [7, 11) is -0.573. The van der Waals surface area contributed by atoms with Crippen molar-refractivity contribution in [3.63, 3.8) is 0 Å². The molecule has 130 valence electrons. The highest BCUT2D eigenvalue weighted by atomic mass is 35.5. The van der Waals surface area contributed by atoms with Crippen LogP contribution in [0.15, 0.2) is 24.3 Å². The Morgan fingerprint density at radius 2 is 2.00 bits per heavy atom. The van der Waals surface area contributed by atoms with E-state index in [0.29, 0.717) is 11.6 Å². The van der Waals surface area contributed by atoms with Gasteiger partial charge in [0.15, 0.2) is 8.32 Å². The SMILES string of the molecule is COC(=O)CNC[C@H](O[Si](C)(C)C(C)(C)C)c1cccc(Cl)c1. The van der Waals surface area contributed by atoms with E-state index in [9.17, 15) is 4.79 Å². The zero-order valence-corrected chi connectivity index (χ0v) is 16.7.